The highest BCUT2D eigenvalue weighted by atomic mass is 35.5. The Labute approximate surface area is 146 Å². The van der Waals surface area contributed by atoms with Crippen LogP contribution < -0.4 is 0 Å². The van der Waals surface area contributed by atoms with Gasteiger partial charge in [0.25, 0.3) is 0 Å². The molecular weight excluding hydrogens is 326 g/mol. The second kappa shape index (κ2) is 7.66. The van der Waals surface area contributed by atoms with E-state index in [1.54, 1.807) is 11.8 Å². The van der Waals surface area contributed by atoms with Crippen LogP contribution in [0.15, 0.2) is 64.6 Å². The lowest BCUT2D eigenvalue weighted by atomic mass is 10.2. The molecule has 3 rings (SSSR count). The van der Waals surface area contributed by atoms with Crippen molar-refractivity contribution in [3.05, 3.63) is 65.2 Å². The van der Waals surface area contributed by atoms with Gasteiger partial charge >= 0.3 is 0 Å². The Morgan fingerprint density at radius 2 is 1.78 bits per heavy atom. The highest BCUT2D eigenvalue weighted by Gasteiger charge is 2.22. The monoisotopic (exact) mass is 343 g/mol. The summed E-state index contributed by atoms with van der Waals surface area (Å²) in [6.07, 6.45) is 0. The van der Waals surface area contributed by atoms with Gasteiger partial charge in [-0.2, -0.15) is 0 Å². The lowest BCUT2D eigenvalue weighted by Crippen LogP contribution is -2.10. The third-order valence-corrected chi connectivity index (χ3v) is 4.43. The van der Waals surface area contributed by atoms with E-state index in [4.69, 9.17) is 21.6 Å². The van der Waals surface area contributed by atoms with Crippen molar-refractivity contribution in [1.29, 1.82) is 0 Å². The Bertz CT molecular complexity index is 707. The van der Waals surface area contributed by atoms with Gasteiger partial charge in [0.2, 0.25) is 0 Å². The van der Waals surface area contributed by atoms with Gasteiger partial charge in [-0.1, -0.05) is 60.6 Å². The Morgan fingerprint density at radius 3 is 2.39 bits per heavy atom. The van der Waals surface area contributed by atoms with Crippen molar-refractivity contribution < 1.29 is 0 Å². The van der Waals surface area contributed by atoms with E-state index in [1.807, 2.05) is 54.6 Å². The zero-order valence-electron chi connectivity index (χ0n) is 12.9. The lowest BCUT2D eigenvalue weighted by molar-refractivity contribution is 0.867. The van der Waals surface area contributed by atoms with Gasteiger partial charge in [0.1, 0.15) is 0 Å². The van der Waals surface area contributed by atoms with Crippen LogP contribution in [0.1, 0.15) is 12.5 Å². The van der Waals surface area contributed by atoms with Crippen molar-refractivity contribution in [1.82, 2.24) is 4.90 Å². The van der Waals surface area contributed by atoms with Crippen molar-refractivity contribution in [3.63, 3.8) is 0 Å². The van der Waals surface area contributed by atoms with Gasteiger partial charge < -0.3 is 4.90 Å². The molecule has 0 unspecified atom stereocenters. The van der Waals surface area contributed by atoms with Gasteiger partial charge in [0, 0.05) is 23.7 Å². The Hall–Kier alpha value is -1.78. The molecule has 0 aliphatic carbocycles. The molecule has 0 N–H and O–H groups in total. The van der Waals surface area contributed by atoms with Gasteiger partial charge in [0.05, 0.1) is 5.69 Å². The fourth-order valence-electron chi connectivity index (χ4n) is 2.03. The summed E-state index contributed by atoms with van der Waals surface area (Å²) in [5, 5.41) is 1.75. The number of amidine groups is 2. The molecular formula is C18H18ClN3S. The minimum Gasteiger partial charge on any atom is -0.348 e. The number of halogens is 1. The molecule has 0 amide bonds. The molecule has 0 atom stereocenters. The van der Waals surface area contributed by atoms with Crippen molar-refractivity contribution in [2.75, 3.05) is 18.8 Å². The number of aliphatic imine (C=N–C) groups is 2. The van der Waals surface area contributed by atoms with Crippen LogP contribution in [0.3, 0.4) is 0 Å². The van der Waals surface area contributed by atoms with E-state index in [0.717, 1.165) is 41.1 Å². The van der Waals surface area contributed by atoms with E-state index in [1.165, 1.54) is 0 Å². The first-order valence-electron chi connectivity index (χ1n) is 7.62. The van der Waals surface area contributed by atoms with Crippen LogP contribution >= 0.6 is 23.4 Å². The van der Waals surface area contributed by atoms with Gasteiger partial charge in [-0.15, -0.1) is 0 Å². The normalized spacial score (nSPS) is 15.0. The molecule has 1 saturated heterocycles. The van der Waals surface area contributed by atoms with Crippen molar-refractivity contribution in [2.24, 2.45) is 9.98 Å². The van der Waals surface area contributed by atoms with E-state index in [0.29, 0.717) is 5.02 Å². The SMILES string of the molecule is CCSC(=NC(=Nc1ccc(Cl)cc1)c1ccccc1)N1CC1. The second-order valence-electron chi connectivity index (χ2n) is 5.09. The van der Waals surface area contributed by atoms with Crippen molar-refractivity contribution in [2.45, 2.75) is 6.92 Å². The van der Waals surface area contributed by atoms with E-state index in [-0.39, 0.29) is 0 Å². The third kappa shape index (κ3) is 4.60. The maximum absolute atomic E-state index is 5.95. The lowest BCUT2D eigenvalue weighted by Gasteiger charge is -2.08. The van der Waals surface area contributed by atoms with Gasteiger partial charge in [-0.3, -0.25) is 0 Å². The van der Waals surface area contributed by atoms with E-state index >= 15 is 0 Å². The minimum absolute atomic E-state index is 0.708. The molecule has 1 aliphatic rings. The number of hydrogen-bond acceptors (Lipinski definition) is 2. The number of thioether (sulfide) groups is 1. The second-order valence-corrected chi connectivity index (χ2v) is 6.76. The van der Waals surface area contributed by atoms with Gasteiger partial charge in [-0.05, 0) is 30.0 Å². The summed E-state index contributed by atoms with van der Waals surface area (Å²) in [6.45, 7) is 4.30. The maximum atomic E-state index is 5.95. The molecule has 1 heterocycles. The topological polar surface area (TPSA) is 27.7 Å². The van der Waals surface area contributed by atoms with Crippen LogP contribution in [0.25, 0.3) is 0 Å². The molecule has 23 heavy (non-hydrogen) atoms. The summed E-state index contributed by atoms with van der Waals surface area (Å²) >= 11 is 7.71. The first-order chi connectivity index (χ1) is 11.3. The standard InChI is InChI=1S/C18H18ClN3S/c1-2-23-18(22-12-13-22)21-17(14-6-4-3-5-7-14)20-16-10-8-15(19)9-11-16/h3-11H,2,12-13H2,1H3. The third-order valence-electron chi connectivity index (χ3n) is 3.29. The molecule has 2 aromatic rings. The molecule has 0 spiro atoms. The number of benzene rings is 2. The minimum atomic E-state index is 0.708. The molecule has 3 nitrogen and oxygen atoms in total. The average molecular weight is 344 g/mol. The van der Waals surface area contributed by atoms with Crippen LogP contribution in [0.2, 0.25) is 5.02 Å². The Morgan fingerprint density at radius 1 is 1.09 bits per heavy atom. The first kappa shape index (κ1) is 16.1. The average Bonchev–Trinajstić information content (AvgIpc) is 3.41. The smallest absolute Gasteiger partial charge is 0.166 e. The quantitative estimate of drug-likeness (QED) is 0.453. The van der Waals surface area contributed by atoms with E-state index in [9.17, 15) is 0 Å². The summed E-state index contributed by atoms with van der Waals surface area (Å²) in [4.78, 5) is 11.8. The molecule has 118 valence electrons. The van der Waals surface area contributed by atoms with Crippen LogP contribution in [0, 0.1) is 0 Å². The first-order valence-corrected chi connectivity index (χ1v) is 8.98. The van der Waals surface area contributed by atoms with Crippen LogP contribution in [0.5, 0.6) is 0 Å². The van der Waals surface area contributed by atoms with Crippen LogP contribution in [0.4, 0.5) is 5.69 Å². The Kier molecular flexibility index (Phi) is 5.36. The predicted molar refractivity (Wildman–Crippen MR) is 101 cm³/mol. The fraction of sp³-hybridized carbons (Fsp3) is 0.222. The number of hydrogen-bond donors (Lipinski definition) is 0. The van der Waals surface area contributed by atoms with Crippen LogP contribution in [-0.4, -0.2) is 34.7 Å². The van der Waals surface area contributed by atoms with Crippen molar-refractivity contribution >= 4 is 40.1 Å². The van der Waals surface area contributed by atoms with Gasteiger partial charge in [0.15, 0.2) is 11.0 Å². The number of rotatable bonds is 3. The molecule has 0 saturated carbocycles. The maximum Gasteiger partial charge on any atom is 0.166 e. The van der Waals surface area contributed by atoms with Crippen LogP contribution in [-0.2, 0) is 0 Å². The molecule has 0 aromatic heterocycles. The summed E-state index contributed by atoms with van der Waals surface area (Å²) in [5.41, 5.74) is 1.86. The molecule has 0 radical (unpaired) electrons. The molecule has 1 aliphatic heterocycles. The molecule has 0 bridgehead atoms. The summed E-state index contributed by atoms with van der Waals surface area (Å²) in [5.74, 6) is 1.73. The van der Waals surface area contributed by atoms with Crippen molar-refractivity contribution in [3.8, 4) is 0 Å². The summed E-state index contributed by atoms with van der Waals surface area (Å²) < 4.78 is 0. The van der Waals surface area contributed by atoms with Gasteiger partial charge in [-0.25, -0.2) is 9.98 Å². The van der Waals surface area contributed by atoms with E-state index in [2.05, 4.69) is 11.8 Å². The Balaban J connectivity index is 1.99. The highest BCUT2D eigenvalue weighted by molar-refractivity contribution is 8.13. The van der Waals surface area contributed by atoms with E-state index < -0.39 is 0 Å². The summed E-state index contributed by atoms with van der Waals surface area (Å²) in [6, 6.07) is 17.6. The fourth-order valence-corrected chi connectivity index (χ4v) is 2.93. The molecule has 5 heteroatoms. The largest absolute Gasteiger partial charge is 0.348 e. The zero-order valence-corrected chi connectivity index (χ0v) is 14.5. The molecule has 1 fully saturated rings. The molecule has 2 aromatic carbocycles. The predicted octanol–water partition coefficient (Wildman–Crippen LogP) is 4.84. The summed E-state index contributed by atoms with van der Waals surface area (Å²) in [7, 11) is 0. The highest BCUT2D eigenvalue weighted by Crippen LogP contribution is 2.21. The number of nitrogens with zero attached hydrogens (tertiary/aromatic N) is 3. The zero-order chi connectivity index (χ0) is 16.1.